The van der Waals surface area contributed by atoms with Crippen LogP contribution in [0.15, 0.2) is 59.3 Å². The summed E-state index contributed by atoms with van der Waals surface area (Å²) in [7, 11) is 0. The third-order valence-corrected chi connectivity index (χ3v) is 7.03. The average Bonchev–Trinajstić information content (AvgIpc) is 3.46. The molecule has 3 aromatic heterocycles. The normalized spacial score (nSPS) is 11.2. The van der Waals surface area contributed by atoms with Crippen molar-refractivity contribution in [3.8, 4) is 5.69 Å². The standard InChI is InChI=1S/C23H24N4OS2/c1-16-6-8-19(9-7-16)27-17(2)13-21(18(27)3)22(28)14-30-23-25-24-15-26(23)11-10-20-5-4-12-29-20/h4-9,12-13,15H,10-11,14H2,1-3H3. The van der Waals surface area contributed by atoms with E-state index in [0.717, 1.165) is 40.8 Å². The van der Waals surface area contributed by atoms with Gasteiger partial charge in [-0.3, -0.25) is 4.79 Å². The van der Waals surface area contributed by atoms with Crippen LogP contribution < -0.4 is 0 Å². The van der Waals surface area contributed by atoms with Gasteiger partial charge in [0.2, 0.25) is 0 Å². The van der Waals surface area contributed by atoms with Gasteiger partial charge in [0.05, 0.1) is 5.75 Å². The molecule has 1 aromatic carbocycles. The van der Waals surface area contributed by atoms with Crippen molar-refractivity contribution in [1.82, 2.24) is 19.3 Å². The summed E-state index contributed by atoms with van der Waals surface area (Å²) < 4.78 is 4.16. The average molecular weight is 437 g/mol. The molecular weight excluding hydrogens is 412 g/mol. The maximum Gasteiger partial charge on any atom is 0.191 e. The first-order valence-corrected chi connectivity index (χ1v) is 11.7. The zero-order valence-corrected chi connectivity index (χ0v) is 19.0. The highest BCUT2D eigenvalue weighted by atomic mass is 32.2. The Morgan fingerprint density at radius 2 is 1.93 bits per heavy atom. The topological polar surface area (TPSA) is 52.7 Å². The minimum Gasteiger partial charge on any atom is -0.318 e. The van der Waals surface area contributed by atoms with Gasteiger partial charge in [0.1, 0.15) is 6.33 Å². The molecule has 0 aliphatic rings. The van der Waals surface area contributed by atoms with E-state index in [1.54, 1.807) is 17.7 Å². The maximum atomic E-state index is 13.0. The Hall–Kier alpha value is -2.64. The number of thioether (sulfide) groups is 1. The molecule has 0 radical (unpaired) electrons. The van der Waals surface area contributed by atoms with E-state index in [9.17, 15) is 4.79 Å². The van der Waals surface area contributed by atoms with E-state index in [0.29, 0.717) is 5.75 Å². The summed E-state index contributed by atoms with van der Waals surface area (Å²) in [5.41, 5.74) is 5.10. The van der Waals surface area contributed by atoms with E-state index in [-0.39, 0.29) is 5.78 Å². The molecule has 30 heavy (non-hydrogen) atoms. The second-order valence-corrected chi connectivity index (χ2v) is 9.28. The van der Waals surface area contributed by atoms with E-state index < -0.39 is 0 Å². The molecule has 0 aliphatic heterocycles. The number of carbonyl (C=O) groups is 1. The van der Waals surface area contributed by atoms with E-state index in [1.165, 1.54) is 22.2 Å². The summed E-state index contributed by atoms with van der Waals surface area (Å²) in [5, 5.41) is 11.1. The van der Waals surface area contributed by atoms with Crippen LogP contribution in [0.2, 0.25) is 0 Å². The largest absolute Gasteiger partial charge is 0.318 e. The highest BCUT2D eigenvalue weighted by molar-refractivity contribution is 7.99. The number of nitrogens with zero attached hydrogens (tertiary/aromatic N) is 4. The number of hydrogen-bond acceptors (Lipinski definition) is 5. The fourth-order valence-electron chi connectivity index (χ4n) is 3.54. The van der Waals surface area contributed by atoms with Gasteiger partial charge in [0.15, 0.2) is 10.9 Å². The van der Waals surface area contributed by atoms with Gasteiger partial charge in [-0.1, -0.05) is 35.5 Å². The molecule has 0 N–H and O–H groups in total. The van der Waals surface area contributed by atoms with Gasteiger partial charge in [-0.2, -0.15) is 0 Å². The number of rotatable bonds is 8. The van der Waals surface area contributed by atoms with Gasteiger partial charge in [-0.15, -0.1) is 21.5 Å². The predicted molar refractivity (Wildman–Crippen MR) is 123 cm³/mol. The third kappa shape index (κ3) is 4.42. The van der Waals surface area contributed by atoms with Crippen molar-refractivity contribution in [3.63, 3.8) is 0 Å². The molecular formula is C23H24N4OS2. The van der Waals surface area contributed by atoms with Crippen molar-refractivity contribution >= 4 is 28.9 Å². The number of benzene rings is 1. The minimum absolute atomic E-state index is 0.110. The molecule has 0 saturated heterocycles. The van der Waals surface area contributed by atoms with Crippen LogP contribution in [0.25, 0.3) is 5.69 Å². The Bertz CT molecular complexity index is 1140. The van der Waals surface area contributed by atoms with Gasteiger partial charge < -0.3 is 9.13 Å². The lowest BCUT2D eigenvalue weighted by atomic mass is 10.2. The van der Waals surface area contributed by atoms with Crippen molar-refractivity contribution in [2.45, 2.75) is 38.9 Å². The second kappa shape index (κ2) is 9.02. The zero-order chi connectivity index (χ0) is 21.1. The quantitative estimate of drug-likeness (QED) is 0.279. The van der Waals surface area contributed by atoms with Gasteiger partial charge >= 0.3 is 0 Å². The summed E-state index contributed by atoms with van der Waals surface area (Å²) in [4.78, 5) is 14.3. The van der Waals surface area contributed by atoms with Crippen LogP contribution in [-0.4, -0.2) is 30.9 Å². The van der Waals surface area contributed by atoms with Crippen LogP contribution >= 0.6 is 23.1 Å². The molecule has 0 atom stereocenters. The number of aromatic nitrogens is 4. The number of carbonyl (C=O) groups excluding carboxylic acids is 1. The Morgan fingerprint density at radius 1 is 1.13 bits per heavy atom. The smallest absolute Gasteiger partial charge is 0.191 e. The first-order valence-electron chi connectivity index (χ1n) is 9.85. The molecule has 7 heteroatoms. The van der Waals surface area contributed by atoms with E-state index >= 15 is 0 Å². The molecule has 154 valence electrons. The Morgan fingerprint density at radius 3 is 2.67 bits per heavy atom. The molecule has 0 aliphatic carbocycles. The van der Waals surface area contributed by atoms with Crippen molar-refractivity contribution in [3.05, 3.63) is 81.6 Å². The van der Waals surface area contributed by atoms with Gasteiger partial charge in [0, 0.05) is 34.1 Å². The lowest BCUT2D eigenvalue weighted by Gasteiger charge is -2.10. The van der Waals surface area contributed by atoms with Gasteiger partial charge in [-0.25, -0.2) is 0 Å². The second-order valence-electron chi connectivity index (χ2n) is 7.30. The van der Waals surface area contributed by atoms with Crippen LogP contribution in [0.4, 0.5) is 0 Å². The monoisotopic (exact) mass is 436 g/mol. The van der Waals surface area contributed by atoms with Crippen molar-refractivity contribution in [2.75, 3.05) is 5.75 Å². The fourth-order valence-corrected chi connectivity index (χ4v) is 5.06. The highest BCUT2D eigenvalue weighted by Gasteiger charge is 2.18. The molecule has 4 aromatic rings. The van der Waals surface area contributed by atoms with E-state index in [2.05, 4.69) is 63.5 Å². The van der Waals surface area contributed by atoms with Crippen LogP contribution in [-0.2, 0) is 13.0 Å². The van der Waals surface area contributed by atoms with Gasteiger partial charge in [-0.05, 0) is 56.8 Å². The highest BCUT2D eigenvalue weighted by Crippen LogP contribution is 2.24. The predicted octanol–water partition coefficient (Wildman–Crippen LogP) is 5.27. The number of aryl methyl sites for hydroxylation is 4. The first kappa shape index (κ1) is 20.6. The summed E-state index contributed by atoms with van der Waals surface area (Å²) in [6.45, 7) is 6.93. The number of thiophene rings is 1. The molecule has 0 amide bonds. The lowest BCUT2D eigenvalue weighted by Crippen LogP contribution is -2.07. The molecule has 0 saturated carbocycles. The third-order valence-electron chi connectivity index (χ3n) is 5.12. The maximum absolute atomic E-state index is 13.0. The van der Waals surface area contributed by atoms with Crippen LogP contribution in [0, 0.1) is 20.8 Å². The van der Waals surface area contributed by atoms with Crippen LogP contribution in [0.1, 0.15) is 32.2 Å². The van der Waals surface area contributed by atoms with E-state index in [4.69, 9.17) is 0 Å². The summed E-state index contributed by atoms with van der Waals surface area (Å²) in [6, 6.07) is 14.5. The van der Waals surface area contributed by atoms with Crippen molar-refractivity contribution < 1.29 is 4.79 Å². The van der Waals surface area contributed by atoms with Crippen LogP contribution in [0.3, 0.4) is 0 Å². The van der Waals surface area contributed by atoms with Crippen molar-refractivity contribution in [1.29, 1.82) is 0 Å². The molecule has 3 heterocycles. The summed E-state index contributed by atoms with van der Waals surface area (Å²) in [6.07, 6.45) is 2.68. The molecule has 4 rings (SSSR count). The Labute approximate surface area is 184 Å². The number of Topliss-reactive ketones (excluding diaryl/α,β-unsaturated/α-hetero) is 1. The molecule has 0 bridgehead atoms. The van der Waals surface area contributed by atoms with Crippen molar-refractivity contribution in [2.24, 2.45) is 0 Å². The lowest BCUT2D eigenvalue weighted by molar-refractivity contribution is 0.102. The summed E-state index contributed by atoms with van der Waals surface area (Å²) in [5.74, 6) is 0.454. The Balaban J connectivity index is 1.45. The molecule has 0 unspecified atom stereocenters. The molecule has 5 nitrogen and oxygen atoms in total. The minimum atomic E-state index is 0.110. The van der Waals surface area contributed by atoms with Crippen LogP contribution in [0.5, 0.6) is 0 Å². The Kier molecular flexibility index (Phi) is 6.20. The van der Waals surface area contributed by atoms with E-state index in [1.807, 2.05) is 24.5 Å². The zero-order valence-electron chi connectivity index (χ0n) is 17.3. The van der Waals surface area contributed by atoms with Gasteiger partial charge in [0.25, 0.3) is 0 Å². The number of ketones is 1. The summed E-state index contributed by atoms with van der Waals surface area (Å²) >= 11 is 3.20. The number of hydrogen-bond donors (Lipinski definition) is 0. The molecule has 0 fully saturated rings. The SMILES string of the molecule is Cc1ccc(-n2c(C)cc(C(=O)CSc3nncn3CCc3cccs3)c2C)cc1. The fraction of sp³-hybridized carbons (Fsp3) is 0.261. The first-order chi connectivity index (χ1) is 14.5. The molecule has 0 spiro atoms.